The van der Waals surface area contributed by atoms with Crippen LogP contribution in [0.2, 0.25) is 0 Å². The van der Waals surface area contributed by atoms with Crippen LogP contribution in [0.25, 0.3) is 22.6 Å². The molecule has 3 aromatic rings. The number of fused-ring (bicyclic) bond motifs is 1. The number of rotatable bonds is 2. The van der Waals surface area contributed by atoms with Crippen molar-refractivity contribution < 1.29 is 4.39 Å². The first-order chi connectivity index (χ1) is 8.78. The van der Waals surface area contributed by atoms with Crippen LogP contribution in [-0.2, 0) is 0 Å². The Morgan fingerprint density at radius 2 is 2.17 bits per heavy atom. The molecule has 0 spiro atoms. The molecule has 0 atom stereocenters. The van der Waals surface area contributed by atoms with E-state index in [1.807, 2.05) is 18.4 Å². The van der Waals surface area contributed by atoms with Gasteiger partial charge in [-0.3, -0.25) is 0 Å². The lowest BCUT2D eigenvalue weighted by molar-refractivity contribution is 0.629. The van der Waals surface area contributed by atoms with Gasteiger partial charge < -0.3 is 4.98 Å². The predicted octanol–water partition coefficient (Wildman–Crippen LogP) is 3.49. The molecule has 0 aliphatic carbocycles. The first-order valence-electron chi connectivity index (χ1n) is 5.42. The molecule has 0 saturated heterocycles. The lowest BCUT2D eigenvalue weighted by Crippen LogP contribution is -1.87. The van der Waals surface area contributed by atoms with Crippen molar-refractivity contribution in [3.8, 4) is 11.4 Å². The second-order valence-electron chi connectivity index (χ2n) is 3.81. The number of aromatic amines is 1. The highest BCUT2D eigenvalue weighted by Gasteiger charge is 2.11. The number of nitrogens with one attached hydrogen (secondary N) is 1. The van der Waals surface area contributed by atoms with E-state index in [4.69, 9.17) is 0 Å². The van der Waals surface area contributed by atoms with E-state index in [-0.39, 0.29) is 5.82 Å². The molecule has 90 valence electrons. The van der Waals surface area contributed by atoms with Crippen LogP contribution in [0.15, 0.2) is 41.4 Å². The van der Waals surface area contributed by atoms with E-state index in [1.54, 1.807) is 30.1 Å². The molecular weight excluding hydrogens is 249 g/mol. The summed E-state index contributed by atoms with van der Waals surface area (Å²) in [7, 11) is 0. The van der Waals surface area contributed by atoms with Gasteiger partial charge in [-0.15, -0.1) is 11.8 Å². The molecule has 0 saturated carbocycles. The SMILES string of the molecule is CSc1ccc(F)c(-c2nc3ncccc3[nH]2)c1. The monoisotopic (exact) mass is 259 g/mol. The number of thioether (sulfide) groups is 1. The molecule has 0 aliphatic rings. The number of benzene rings is 1. The minimum absolute atomic E-state index is 0.285. The molecule has 2 heterocycles. The van der Waals surface area contributed by atoms with Crippen molar-refractivity contribution in [2.24, 2.45) is 0 Å². The largest absolute Gasteiger partial charge is 0.336 e. The summed E-state index contributed by atoms with van der Waals surface area (Å²) in [5.74, 6) is 0.226. The Hall–Kier alpha value is -1.88. The van der Waals surface area contributed by atoms with Crippen LogP contribution in [0.3, 0.4) is 0 Å². The summed E-state index contributed by atoms with van der Waals surface area (Å²) in [6.07, 6.45) is 3.62. The molecule has 0 radical (unpaired) electrons. The molecule has 1 aromatic carbocycles. The number of halogens is 1. The van der Waals surface area contributed by atoms with Crippen molar-refractivity contribution in [1.82, 2.24) is 15.0 Å². The molecule has 1 N–H and O–H groups in total. The minimum atomic E-state index is -0.285. The van der Waals surface area contributed by atoms with Gasteiger partial charge in [0.2, 0.25) is 0 Å². The first-order valence-corrected chi connectivity index (χ1v) is 6.65. The van der Waals surface area contributed by atoms with Gasteiger partial charge >= 0.3 is 0 Å². The van der Waals surface area contributed by atoms with Gasteiger partial charge in [-0.2, -0.15) is 0 Å². The van der Waals surface area contributed by atoms with E-state index < -0.39 is 0 Å². The third kappa shape index (κ3) is 1.86. The molecular formula is C13H10FN3S. The zero-order valence-corrected chi connectivity index (χ0v) is 10.5. The number of hydrogen-bond donors (Lipinski definition) is 1. The number of pyridine rings is 1. The van der Waals surface area contributed by atoms with Crippen LogP contribution >= 0.6 is 11.8 Å². The maximum Gasteiger partial charge on any atom is 0.178 e. The van der Waals surface area contributed by atoms with Gasteiger partial charge in [0.15, 0.2) is 5.65 Å². The summed E-state index contributed by atoms with van der Waals surface area (Å²) in [6.45, 7) is 0. The van der Waals surface area contributed by atoms with Gasteiger partial charge in [-0.05, 0) is 36.6 Å². The zero-order chi connectivity index (χ0) is 12.5. The van der Waals surface area contributed by atoms with Crippen LogP contribution in [0.4, 0.5) is 4.39 Å². The molecule has 18 heavy (non-hydrogen) atoms. The fourth-order valence-electron chi connectivity index (χ4n) is 1.79. The first kappa shape index (κ1) is 11.2. The number of imidazole rings is 1. The molecule has 2 aromatic heterocycles. The van der Waals surface area contributed by atoms with Crippen molar-refractivity contribution in [1.29, 1.82) is 0 Å². The van der Waals surface area contributed by atoms with Crippen molar-refractivity contribution >= 4 is 22.9 Å². The summed E-state index contributed by atoms with van der Waals surface area (Å²) < 4.78 is 13.8. The predicted molar refractivity (Wildman–Crippen MR) is 71.1 cm³/mol. The number of hydrogen-bond acceptors (Lipinski definition) is 3. The van der Waals surface area contributed by atoms with Crippen LogP contribution < -0.4 is 0 Å². The minimum Gasteiger partial charge on any atom is -0.336 e. The Kier molecular flexibility index (Phi) is 2.76. The molecule has 3 rings (SSSR count). The van der Waals surface area contributed by atoms with Crippen molar-refractivity contribution in [2.75, 3.05) is 6.26 Å². The van der Waals surface area contributed by atoms with Crippen molar-refractivity contribution in [3.63, 3.8) is 0 Å². The number of nitrogens with zero attached hydrogens (tertiary/aromatic N) is 2. The fraction of sp³-hybridized carbons (Fsp3) is 0.0769. The summed E-state index contributed by atoms with van der Waals surface area (Å²) in [5, 5.41) is 0. The maximum atomic E-state index is 13.8. The molecule has 3 nitrogen and oxygen atoms in total. The third-order valence-corrected chi connectivity index (χ3v) is 3.41. The average molecular weight is 259 g/mol. The molecule has 0 bridgehead atoms. The van der Waals surface area contributed by atoms with Gasteiger partial charge in [-0.1, -0.05) is 0 Å². The lowest BCUT2D eigenvalue weighted by Gasteiger charge is -2.01. The average Bonchev–Trinajstić information content (AvgIpc) is 2.82. The topological polar surface area (TPSA) is 41.6 Å². The Bertz CT molecular complexity index is 675. The third-order valence-electron chi connectivity index (χ3n) is 2.69. The number of H-pyrrole nitrogens is 1. The maximum absolute atomic E-state index is 13.8. The summed E-state index contributed by atoms with van der Waals surface area (Å²) >= 11 is 1.57. The van der Waals surface area contributed by atoms with E-state index in [0.717, 1.165) is 10.4 Å². The van der Waals surface area contributed by atoms with Gasteiger partial charge in [0.25, 0.3) is 0 Å². The van der Waals surface area contributed by atoms with Gasteiger partial charge in [0, 0.05) is 11.1 Å². The Labute approximate surface area is 107 Å². The summed E-state index contributed by atoms with van der Waals surface area (Å²) in [6, 6.07) is 8.69. The highest BCUT2D eigenvalue weighted by molar-refractivity contribution is 7.98. The van der Waals surface area contributed by atoms with Gasteiger partial charge in [0.05, 0.1) is 11.1 Å². The normalized spacial score (nSPS) is 11.0. The Morgan fingerprint density at radius 3 is 2.94 bits per heavy atom. The Morgan fingerprint density at radius 1 is 1.28 bits per heavy atom. The van der Waals surface area contributed by atoms with E-state index in [0.29, 0.717) is 17.0 Å². The van der Waals surface area contributed by atoms with Crippen LogP contribution in [0.1, 0.15) is 0 Å². The highest BCUT2D eigenvalue weighted by atomic mass is 32.2. The van der Waals surface area contributed by atoms with E-state index in [1.165, 1.54) is 6.07 Å². The van der Waals surface area contributed by atoms with Crippen molar-refractivity contribution in [3.05, 3.63) is 42.3 Å². The second-order valence-corrected chi connectivity index (χ2v) is 4.69. The summed E-state index contributed by atoms with van der Waals surface area (Å²) in [4.78, 5) is 12.5. The quantitative estimate of drug-likeness (QED) is 0.716. The van der Waals surface area contributed by atoms with E-state index in [2.05, 4.69) is 15.0 Å². The van der Waals surface area contributed by atoms with E-state index >= 15 is 0 Å². The highest BCUT2D eigenvalue weighted by Crippen LogP contribution is 2.26. The molecule has 0 fully saturated rings. The smallest absolute Gasteiger partial charge is 0.178 e. The van der Waals surface area contributed by atoms with Crippen LogP contribution in [0, 0.1) is 5.82 Å². The molecule has 5 heteroatoms. The zero-order valence-electron chi connectivity index (χ0n) is 9.64. The van der Waals surface area contributed by atoms with Crippen LogP contribution in [-0.4, -0.2) is 21.2 Å². The van der Waals surface area contributed by atoms with Crippen LogP contribution in [0.5, 0.6) is 0 Å². The van der Waals surface area contributed by atoms with Gasteiger partial charge in [-0.25, -0.2) is 14.4 Å². The lowest BCUT2D eigenvalue weighted by atomic mass is 10.2. The van der Waals surface area contributed by atoms with Gasteiger partial charge in [0.1, 0.15) is 11.6 Å². The standard InChI is InChI=1S/C13H10FN3S/c1-18-8-4-5-10(14)9(7-8)12-16-11-3-2-6-15-13(11)17-12/h2-7H,1H3,(H,15,16,17). The molecule has 0 unspecified atom stereocenters. The summed E-state index contributed by atoms with van der Waals surface area (Å²) in [5.41, 5.74) is 1.88. The number of aromatic nitrogens is 3. The molecule has 0 amide bonds. The fourth-order valence-corrected chi connectivity index (χ4v) is 2.23. The Balaban J connectivity index is 2.19. The van der Waals surface area contributed by atoms with Crippen molar-refractivity contribution in [2.45, 2.75) is 4.90 Å². The van der Waals surface area contributed by atoms with E-state index in [9.17, 15) is 4.39 Å². The molecule has 0 aliphatic heterocycles. The second kappa shape index (κ2) is 4.42.